The van der Waals surface area contributed by atoms with Gasteiger partial charge in [-0.3, -0.25) is 14.5 Å². The van der Waals surface area contributed by atoms with E-state index in [2.05, 4.69) is 10.1 Å². The fourth-order valence-electron chi connectivity index (χ4n) is 3.46. The number of likely N-dealkylation sites (tertiary alicyclic amines) is 1. The minimum Gasteiger partial charge on any atom is -0.490 e. The van der Waals surface area contributed by atoms with Gasteiger partial charge in [-0.2, -0.15) is 5.10 Å². The summed E-state index contributed by atoms with van der Waals surface area (Å²) in [7, 11) is 3.59. The van der Waals surface area contributed by atoms with Gasteiger partial charge in [0.1, 0.15) is 12.4 Å². The Labute approximate surface area is 153 Å². The number of rotatable bonds is 6. The molecule has 26 heavy (non-hydrogen) atoms. The molecule has 1 aliphatic heterocycles. The van der Waals surface area contributed by atoms with Crippen LogP contribution in [0.2, 0.25) is 0 Å². The van der Waals surface area contributed by atoms with Crippen molar-refractivity contribution in [3.05, 3.63) is 41.5 Å². The molecule has 0 saturated carbocycles. The second kappa shape index (κ2) is 7.86. The maximum atomic E-state index is 13.0. The average Bonchev–Trinajstić information content (AvgIpc) is 3.17. The molecule has 0 spiro atoms. The van der Waals surface area contributed by atoms with Crippen molar-refractivity contribution in [3.8, 4) is 5.75 Å². The highest BCUT2D eigenvalue weighted by atomic mass is 16.5. The van der Waals surface area contributed by atoms with Crippen LogP contribution in [-0.4, -0.2) is 58.0 Å². The largest absolute Gasteiger partial charge is 0.490 e. The van der Waals surface area contributed by atoms with Crippen LogP contribution < -0.4 is 4.74 Å². The lowest BCUT2D eigenvalue weighted by molar-refractivity contribution is -0.132. The van der Waals surface area contributed by atoms with Gasteiger partial charge in [0.2, 0.25) is 5.91 Å². The van der Waals surface area contributed by atoms with Gasteiger partial charge in [0.15, 0.2) is 0 Å². The lowest BCUT2D eigenvalue weighted by Crippen LogP contribution is -2.40. The van der Waals surface area contributed by atoms with Gasteiger partial charge >= 0.3 is 0 Å². The van der Waals surface area contributed by atoms with Crippen LogP contribution in [0.25, 0.3) is 0 Å². The van der Waals surface area contributed by atoms with Crippen molar-refractivity contribution in [3.63, 3.8) is 0 Å². The van der Waals surface area contributed by atoms with E-state index in [9.17, 15) is 4.79 Å². The van der Waals surface area contributed by atoms with Gasteiger partial charge < -0.3 is 14.4 Å². The second-order valence-electron chi connectivity index (χ2n) is 6.74. The minimum absolute atomic E-state index is 0.00932. The Kier molecular flexibility index (Phi) is 5.56. The predicted molar refractivity (Wildman–Crippen MR) is 97.0 cm³/mol. The van der Waals surface area contributed by atoms with E-state index in [-0.39, 0.29) is 18.1 Å². The Balaban J connectivity index is 1.69. The molecule has 1 fully saturated rings. The van der Waals surface area contributed by atoms with Crippen LogP contribution in [0.5, 0.6) is 5.75 Å². The molecule has 7 heteroatoms. The number of carbonyl (C=O) groups is 1. The van der Waals surface area contributed by atoms with Gasteiger partial charge in [-0.1, -0.05) is 0 Å². The van der Waals surface area contributed by atoms with Gasteiger partial charge in [-0.05, 0) is 32.4 Å². The summed E-state index contributed by atoms with van der Waals surface area (Å²) in [6.07, 6.45) is 4.55. The molecule has 0 unspecified atom stereocenters. The third-order valence-electron chi connectivity index (χ3n) is 5.09. The van der Waals surface area contributed by atoms with E-state index in [1.165, 1.54) is 0 Å². The van der Waals surface area contributed by atoms with Crippen molar-refractivity contribution in [2.24, 2.45) is 7.05 Å². The summed E-state index contributed by atoms with van der Waals surface area (Å²) in [6, 6.07) is 3.69. The maximum absolute atomic E-state index is 13.0. The molecule has 7 nitrogen and oxygen atoms in total. The minimum atomic E-state index is -0.00932. The molecule has 2 aromatic heterocycles. The highest BCUT2D eigenvalue weighted by Gasteiger charge is 2.36. The molecule has 0 aromatic carbocycles. The molecule has 0 aliphatic carbocycles. The van der Waals surface area contributed by atoms with E-state index in [0.717, 1.165) is 23.4 Å². The van der Waals surface area contributed by atoms with Gasteiger partial charge in [0.25, 0.3) is 0 Å². The Morgan fingerprint density at radius 2 is 2.19 bits per heavy atom. The third-order valence-corrected chi connectivity index (χ3v) is 5.09. The lowest BCUT2D eigenvalue weighted by atomic mass is 10.1. The van der Waals surface area contributed by atoms with Gasteiger partial charge in [-0.15, -0.1) is 0 Å². The summed E-state index contributed by atoms with van der Waals surface area (Å²) in [5, 5.41) is 4.41. The smallest absolute Gasteiger partial charge is 0.227 e. The number of nitrogens with zero attached hydrogens (tertiary/aromatic N) is 4. The molecular formula is C19H26N4O3. The van der Waals surface area contributed by atoms with E-state index < -0.39 is 0 Å². The van der Waals surface area contributed by atoms with E-state index in [4.69, 9.17) is 9.47 Å². The highest BCUT2D eigenvalue weighted by Crippen LogP contribution is 2.23. The molecule has 3 heterocycles. The SMILES string of the molecule is CO[C@@H]1C[C@@H](COc2cccnc2)N(C(=O)Cc2c(C)nn(C)c2C)C1. The van der Waals surface area contributed by atoms with Crippen molar-refractivity contribution < 1.29 is 14.3 Å². The Morgan fingerprint density at radius 1 is 1.38 bits per heavy atom. The van der Waals surface area contributed by atoms with E-state index in [1.807, 2.05) is 42.6 Å². The first-order chi connectivity index (χ1) is 12.5. The molecule has 140 valence electrons. The standard InChI is InChI=1S/C19H26N4O3/c1-13-18(14(2)22(3)21-13)9-19(24)23-11-17(25-4)8-15(23)12-26-16-6-5-7-20-10-16/h5-7,10,15,17H,8-9,11-12H2,1-4H3/t15-,17+/m0/s1. The average molecular weight is 358 g/mol. The summed E-state index contributed by atoms with van der Waals surface area (Å²) in [4.78, 5) is 18.9. The summed E-state index contributed by atoms with van der Waals surface area (Å²) >= 11 is 0. The molecule has 2 aromatic rings. The molecule has 0 bridgehead atoms. The van der Waals surface area contributed by atoms with Gasteiger partial charge in [0.05, 0.1) is 30.5 Å². The quantitative estimate of drug-likeness (QED) is 0.786. The topological polar surface area (TPSA) is 69.5 Å². The normalized spacial score (nSPS) is 19.8. The summed E-state index contributed by atoms with van der Waals surface area (Å²) < 4.78 is 13.2. The van der Waals surface area contributed by atoms with Gasteiger partial charge in [-0.25, -0.2) is 0 Å². The zero-order chi connectivity index (χ0) is 18.7. The zero-order valence-corrected chi connectivity index (χ0v) is 15.8. The summed E-state index contributed by atoms with van der Waals surface area (Å²) in [5.74, 6) is 0.795. The zero-order valence-electron chi connectivity index (χ0n) is 15.8. The van der Waals surface area contributed by atoms with Crippen LogP contribution in [0.4, 0.5) is 0 Å². The van der Waals surface area contributed by atoms with Gasteiger partial charge in [0, 0.05) is 38.2 Å². The molecule has 1 saturated heterocycles. The van der Waals surface area contributed by atoms with Crippen molar-refractivity contribution >= 4 is 5.91 Å². The van der Waals surface area contributed by atoms with E-state index in [1.54, 1.807) is 19.5 Å². The first-order valence-corrected chi connectivity index (χ1v) is 8.83. The number of carbonyl (C=O) groups excluding carboxylic acids is 1. The van der Waals surface area contributed by atoms with Crippen LogP contribution in [0.15, 0.2) is 24.5 Å². The Hall–Kier alpha value is -2.41. The first kappa shape index (κ1) is 18.4. The monoisotopic (exact) mass is 358 g/mol. The Morgan fingerprint density at radius 3 is 2.81 bits per heavy atom. The number of amides is 1. The highest BCUT2D eigenvalue weighted by molar-refractivity contribution is 5.80. The van der Waals surface area contributed by atoms with Crippen LogP contribution in [0.1, 0.15) is 23.4 Å². The van der Waals surface area contributed by atoms with Crippen LogP contribution in [0, 0.1) is 13.8 Å². The van der Waals surface area contributed by atoms with Crippen molar-refractivity contribution in [1.29, 1.82) is 0 Å². The predicted octanol–water partition coefficient (Wildman–Crippen LogP) is 1.67. The molecule has 0 radical (unpaired) electrons. The van der Waals surface area contributed by atoms with Crippen molar-refractivity contribution in [1.82, 2.24) is 19.7 Å². The van der Waals surface area contributed by atoms with E-state index >= 15 is 0 Å². The second-order valence-corrected chi connectivity index (χ2v) is 6.74. The van der Waals surface area contributed by atoms with Crippen LogP contribution in [-0.2, 0) is 23.0 Å². The fraction of sp³-hybridized carbons (Fsp3) is 0.526. The number of hydrogen-bond donors (Lipinski definition) is 0. The molecule has 3 rings (SSSR count). The molecule has 2 atom stereocenters. The fourth-order valence-corrected chi connectivity index (χ4v) is 3.46. The van der Waals surface area contributed by atoms with Crippen LogP contribution >= 0.6 is 0 Å². The third kappa shape index (κ3) is 3.88. The maximum Gasteiger partial charge on any atom is 0.227 e. The number of methoxy groups -OCH3 is 1. The number of pyridine rings is 1. The molecule has 0 N–H and O–H groups in total. The Bertz CT molecular complexity index is 760. The summed E-state index contributed by atoms with van der Waals surface area (Å²) in [5.41, 5.74) is 2.94. The van der Waals surface area contributed by atoms with Crippen molar-refractivity contribution in [2.75, 3.05) is 20.3 Å². The van der Waals surface area contributed by atoms with E-state index in [0.29, 0.717) is 25.3 Å². The number of hydrogen-bond acceptors (Lipinski definition) is 5. The van der Waals surface area contributed by atoms with Crippen molar-refractivity contribution in [2.45, 2.75) is 38.8 Å². The van der Waals surface area contributed by atoms with Crippen LogP contribution in [0.3, 0.4) is 0 Å². The lowest BCUT2D eigenvalue weighted by Gasteiger charge is -2.24. The first-order valence-electron chi connectivity index (χ1n) is 8.83. The number of aromatic nitrogens is 3. The molecule has 1 amide bonds. The number of ether oxygens (including phenoxy) is 2. The molecule has 1 aliphatic rings. The number of aryl methyl sites for hydroxylation is 2. The molecular weight excluding hydrogens is 332 g/mol. The summed E-state index contributed by atoms with van der Waals surface area (Å²) in [6.45, 7) is 4.96.